The summed E-state index contributed by atoms with van der Waals surface area (Å²) in [6.07, 6.45) is 9.91. The molecule has 0 aromatic heterocycles. The third-order valence-corrected chi connectivity index (χ3v) is 2.32. The van der Waals surface area contributed by atoms with Gasteiger partial charge < -0.3 is 20.2 Å². The van der Waals surface area contributed by atoms with E-state index >= 15 is 0 Å². The molecule has 0 saturated heterocycles. The molecular formula is C10H21N3O3. The van der Waals surface area contributed by atoms with Crippen molar-refractivity contribution in [3.63, 3.8) is 0 Å². The van der Waals surface area contributed by atoms with Gasteiger partial charge in [-0.2, -0.15) is 0 Å². The second-order valence-corrected chi connectivity index (χ2v) is 3.92. The maximum absolute atomic E-state index is 8.25. The Labute approximate surface area is 96.3 Å². The van der Waals surface area contributed by atoms with Crippen molar-refractivity contribution in [1.82, 2.24) is 4.90 Å². The number of nitrogens with one attached hydrogen (secondary N) is 1. The van der Waals surface area contributed by atoms with E-state index in [-0.39, 0.29) is 0 Å². The molecule has 94 valence electrons. The molecule has 0 fully saturated rings. The van der Waals surface area contributed by atoms with Crippen LogP contribution in [0, 0.1) is 15.3 Å². The van der Waals surface area contributed by atoms with Crippen LogP contribution in [0.1, 0.15) is 32.6 Å². The summed E-state index contributed by atoms with van der Waals surface area (Å²) in [6, 6.07) is 0. The Kier molecular flexibility index (Phi) is 8.24. The fraction of sp³-hybridized carbons (Fsp3) is 0.800. The summed E-state index contributed by atoms with van der Waals surface area (Å²) in [6.45, 7) is 4.66. The van der Waals surface area contributed by atoms with Crippen LogP contribution in [0.3, 0.4) is 0 Å². The maximum Gasteiger partial charge on any atom is 0.156 e. The lowest BCUT2D eigenvalue weighted by atomic mass is 10.2. The fourth-order valence-corrected chi connectivity index (χ4v) is 1.55. The third-order valence-electron chi connectivity index (χ3n) is 2.32. The Morgan fingerprint density at radius 1 is 1.38 bits per heavy atom. The smallest absolute Gasteiger partial charge is 0.156 e. The highest BCUT2D eigenvalue weighted by molar-refractivity contribution is 4.76. The van der Waals surface area contributed by atoms with Crippen LogP contribution >= 0.6 is 0 Å². The van der Waals surface area contributed by atoms with Crippen molar-refractivity contribution in [2.24, 2.45) is 0 Å². The molecule has 1 aliphatic heterocycles. The van der Waals surface area contributed by atoms with E-state index in [1.54, 1.807) is 0 Å². The van der Waals surface area contributed by atoms with Gasteiger partial charge in [0.05, 0.1) is 18.3 Å². The normalized spacial score (nSPS) is 18.1. The van der Waals surface area contributed by atoms with Crippen molar-refractivity contribution < 1.29 is 9.99 Å². The van der Waals surface area contributed by atoms with E-state index in [1.807, 2.05) is 0 Å². The molecule has 6 nitrogen and oxygen atoms in total. The summed E-state index contributed by atoms with van der Waals surface area (Å²) in [5.41, 5.74) is 0. The summed E-state index contributed by atoms with van der Waals surface area (Å²) in [5.74, 6) is 0. The van der Waals surface area contributed by atoms with Crippen LogP contribution in [-0.2, 0) is 0 Å². The van der Waals surface area contributed by atoms with Gasteiger partial charge in [-0.25, -0.2) is 0 Å². The molecule has 1 N–H and O–H groups in total. The van der Waals surface area contributed by atoms with E-state index in [0.717, 1.165) is 6.67 Å². The number of hydrogen-bond acceptors (Lipinski definition) is 4. The van der Waals surface area contributed by atoms with Crippen LogP contribution in [0.15, 0.2) is 12.4 Å². The molecule has 6 heteroatoms. The molecule has 0 saturated carbocycles. The highest BCUT2D eigenvalue weighted by Crippen LogP contribution is 2.01. The fourth-order valence-electron chi connectivity index (χ4n) is 1.55. The van der Waals surface area contributed by atoms with Crippen LogP contribution in [0.2, 0.25) is 0 Å². The van der Waals surface area contributed by atoms with Crippen molar-refractivity contribution in [1.29, 1.82) is 0 Å². The van der Waals surface area contributed by atoms with Gasteiger partial charge in [0.15, 0.2) is 6.67 Å². The lowest BCUT2D eigenvalue weighted by Crippen LogP contribution is -3.03. The summed E-state index contributed by atoms with van der Waals surface area (Å²) in [5, 5.41) is 14.8. The highest BCUT2D eigenvalue weighted by Gasteiger charge is 2.10. The zero-order chi connectivity index (χ0) is 12.4. The number of hydrogen-bond donors (Lipinski definition) is 1. The van der Waals surface area contributed by atoms with Gasteiger partial charge in [0.1, 0.15) is 6.20 Å². The average Bonchev–Trinajstić information content (AvgIpc) is 2.58. The van der Waals surface area contributed by atoms with Gasteiger partial charge in [0.2, 0.25) is 0 Å². The van der Waals surface area contributed by atoms with Crippen molar-refractivity contribution in [2.45, 2.75) is 32.6 Å². The molecule has 1 rings (SSSR count). The van der Waals surface area contributed by atoms with Gasteiger partial charge >= 0.3 is 0 Å². The molecule has 1 heterocycles. The third kappa shape index (κ3) is 9.26. The van der Waals surface area contributed by atoms with Crippen molar-refractivity contribution >= 4 is 0 Å². The Balaban J connectivity index is 0.000000487. The first kappa shape index (κ1) is 14.7. The molecule has 0 bridgehead atoms. The predicted molar refractivity (Wildman–Crippen MR) is 62.1 cm³/mol. The quantitative estimate of drug-likeness (QED) is 0.427. The van der Waals surface area contributed by atoms with Crippen molar-refractivity contribution in [2.75, 3.05) is 20.3 Å². The topological polar surface area (TPSA) is 73.9 Å². The second-order valence-electron chi connectivity index (χ2n) is 3.92. The molecule has 0 radical (unpaired) electrons. The highest BCUT2D eigenvalue weighted by atomic mass is 16.9. The molecule has 0 aromatic rings. The molecule has 1 unspecified atom stereocenters. The Morgan fingerprint density at radius 3 is 2.44 bits per heavy atom. The van der Waals surface area contributed by atoms with Gasteiger partial charge in [-0.1, -0.05) is 26.2 Å². The largest absolute Gasteiger partial charge is 0.356 e. The van der Waals surface area contributed by atoms with Crippen LogP contribution in [0.25, 0.3) is 0 Å². The molecule has 16 heavy (non-hydrogen) atoms. The molecule has 1 aliphatic rings. The van der Waals surface area contributed by atoms with Crippen molar-refractivity contribution in [3.8, 4) is 0 Å². The minimum absolute atomic E-state index is 1.16. The van der Waals surface area contributed by atoms with Gasteiger partial charge in [-0.15, -0.1) is 0 Å². The summed E-state index contributed by atoms with van der Waals surface area (Å²) < 4.78 is 0. The molecule has 0 aromatic carbocycles. The van der Waals surface area contributed by atoms with E-state index in [4.69, 9.17) is 15.3 Å². The van der Waals surface area contributed by atoms with Crippen LogP contribution in [0.5, 0.6) is 0 Å². The lowest BCUT2D eigenvalue weighted by Gasteiger charge is -2.13. The Bertz CT molecular complexity index is 217. The van der Waals surface area contributed by atoms with Gasteiger partial charge in [-0.05, 0) is 6.42 Å². The van der Waals surface area contributed by atoms with E-state index in [9.17, 15) is 0 Å². The molecule has 0 spiro atoms. The van der Waals surface area contributed by atoms with Gasteiger partial charge in [-0.3, -0.25) is 4.90 Å². The predicted octanol–water partition coefficient (Wildman–Crippen LogP) is 0.587. The lowest BCUT2D eigenvalue weighted by molar-refractivity contribution is -0.826. The van der Waals surface area contributed by atoms with Gasteiger partial charge in [0, 0.05) is 6.54 Å². The number of nitrogens with zero attached hydrogens (tertiary/aromatic N) is 2. The van der Waals surface area contributed by atoms with Crippen molar-refractivity contribution in [3.05, 3.63) is 27.7 Å². The molecular weight excluding hydrogens is 210 g/mol. The Hall–Kier alpha value is -1.30. The standard InChI is InChI=1S/C10H20N2.NO3/c1-3-4-5-6-7-12-9-8-11(2)10-12;2-1(3)4/h8-9H,3-7,10H2,1-2H3;/q;-1/p+1. The number of unbranched alkanes of at least 4 members (excludes halogenated alkanes) is 3. The van der Waals surface area contributed by atoms with E-state index in [2.05, 4.69) is 31.3 Å². The monoisotopic (exact) mass is 231 g/mol. The van der Waals surface area contributed by atoms with Gasteiger partial charge in [0.25, 0.3) is 0 Å². The van der Waals surface area contributed by atoms with E-state index < -0.39 is 5.09 Å². The number of quaternary nitrogens is 1. The first-order valence-corrected chi connectivity index (χ1v) is 5.62. The average molecular weight is 231 g/mol. The number of rotatable bonds is 5. The molecule has 0 aliphatic carbocycles. The van der Waals surface area contributed by atoms with Crippen LogP contribution in [-0.4, -0.2) is 30.2 Å². The SMILES string of the molecule is CCCCCCN1C=C[NH+](C)C1.O=[N+]([O-])[O-]. The zero-order valence-corrected chi connectivity index (χ0v) is 10.0. The second kappa shape index (κ2) is 8.96. The van der Waals surface area contributed by atoms with E-state index in [1.165, 1.54) is 37.1 Å². The minimum atomic E-state index is -1.75. The van der Waals surface area contributed by atoms with E-state index in [0.29, 0.717) is 0 Å². The summed E-state index contributed by atoms with van der Waals surface area (Å²) in [4.78, 5) is 12.1. The first-order valence-electron chi connectivity index (χ1n) is 5.62. The van der Waals surface area contributed by atoms with Crippen LogP contribution < -0.4 is 4.90 Å². The molecule has 0 amide bonds. The summed E-state index contributed by atoms with van der Waals surface area (Å²) >= 11 is 0. The summed E-state index contributed by atoms with van der Waals surface area (Å²) in [7, 11) is 2.20. The minimum Gasteiger partial charge on any atom is -0.356 e. The zero-order valence-electron chi connectivity index (χ0n) is 10.0. The Morgan fingerprint density at radius 2 is 2.00 bits per heavy atom. The van der Waals surface area contributed by atoms with Crippen LogP contribution in [0.4, 0.5) is 0 Å². The molecule has 1 atom stereocenters. The maximum atomic E-state index is 8.25. The first-order chi connectivity index (χ1) is 7.56.